The van der Waals surface area contributed by atoms with E-state index < -0.39 is 17.8 Å². The van der Waals surface area contributed by atoms with Gasteiger partial charge in [-0.3, -0.25) is 14.4 Å². The monoisotopic (exact) mass is 539 g/mol. The van der Waals surface area contributed by atoms with E-state index in [4.69, 9.17) is 16.2 Å². The van der Waals surface area contributed by atoms with E-state index in [-0.39, 0.29) is 34.1 Å². The number of hydrogen-bond acceptors (Lipinski definition) is 8. The second kappa shape index (κ2) is 12.0. The Labute approximate surface area is 224 Å². The molecule has 1 aliphatic heterocycles. The molecule has 1 atom stereocenters. The van der Waals surface area contributed by atoms with Crippen LogP contribution in [0.1, 0.15) is 47.8 Å². The molecule has 0 aliphatic carbocycles. The number of nitrogen functional groups attached to an aromatic ring is 1. The molecule has 200 valence electrons. The molecule has 38 heavy (non-hydrogen) atoms. The molecule has 2 aromatic carbocycles. The van der Waals surface area contributed by atoms with Crippen LogP contribution < -0.4 is 21.1 Å². The van der Waals surface area contributed by atoms with Crippen LogP contribution in [0, 0.1) is 5.82 Å². The van der Waals surface area contributed by atoms with Crippen LogP contribution in [0.3, 0.4) is 0 Å². The molecule has 4 N–H and O–H groups in total. The molecule has 9 nitrogen and oxygen atoms in total. The number of hydrogen-bond donors (Lipinski definition) is 2. The first-order valence-corrected chi connectivity index (χ1v) is 13.2. The summed E-state index contributed by atoms with van der Waals surface area (Å²) in [7, 11) is 0. The largest absolute Gasteiger partial charge is 0.484 e. The first-order valence-electron chi connectivity index (χ1n) is 12.4. The van der Waals surface area contributed by atoms with E-state index in [1.807, 2.05) is 4.90 Å². The van der Waals surface area contributed by atoms with Gasteiger partial charge in [-0.1, -0.05) is 24.2 Å². The number of primary amides is 1. The van der Waals surface area contributed by atoms with Gasteiger partial charge >= 0.3 is 0 Å². The molecule has 0 radical (unpaired) electrons. The Morgan fingerprint density at radius 3 is 2.29 bits per heavy atom. The van der Waals surface area contributed by atoms with Crippen molar-refractivity contribution in [2.45, 2.75) is 38.6 Å². The van der Waals surface area contributed by atoms with Crippen LogP contribution in [-0.2, 0) is 9.59 Å². The number of amides is 2. The average molecular weight is 540 g/mol. The molecule has 0 spiro atoms. The second-order valence-corrected chi connectivity index (χ2v) is 10.1. The SMILES string of the molecule is CC(C(N)=O)N(c1ccc(F)cc1)c1nc(N)c(C(=O)c2ccc(OCC(=O)N3CCCCCC3)cc2)s1. The highest BCUT2D eigenvalue weighted by molar-refractivity contribution is 7.18. The van der Waals surface area contributed by atoms with E-state index in [1.54, 1.807) is 31.2 Å². The lowest BCUT2D eigenvalue weighted by molar-refractivity contribution is -0.133. The lowest BCUT2D eigenvalue weighted by Gasteiger charge is -2.26. The minimum absolute atomic E-state index is 0.00200. The molecule has 4 rings (SSSR count). The van der Waals surface area contributed by atoms with Gasteiger partial charge < -0.3 is 26.0 Å². The predicted octanol–water partition coefficient (Wildman–Crippen LogP) is 3.89. The van der Waals surface area contributed by atoms with Gasteiger partial charge in [-0.2, -0.15) is 0 Å². The highest BCUT2D eigenvalue weighted by atomic mass is 32.1. The number of nitrogens with zero attached hydrogens (tertiary/aromatic N) is 3. The summed E-state index contributed by atoms with van der Waals surface area (Å²) in [5.41, 5.74) is 12.5. The van der Waals surface area contributed by atoms with E-state index >= 15 is 0 Å². The van der Waals surface area contributed by atoms with Crippen LogP contribution in [0.2, 0.25) is 0 Å². The third kappa shape index (κ3) is 6.28. The standard InChI is InChI=1S/C27H30FN5O4S/c1-17(26(30)36)33(20-10-8-19(28)9-11-20)27-31-25(29)24(38-27)23(35)18-6-12-21(13-7-18)37-16-22(34)32-14-4-2-3-5-15-32/h6-13,17H,2-5,14-16,29H2,1H3,(H2,30,36). The Balaban J connectivity index is 1.48. The molecule has 1 aliphatic rings. The van der Waals surface area contributed by atoms with Crippen molar-refractivity contribution in [3.05, 3.63) is 64.8 Å². The minimum Gasteiger partial charge on any atom is -0.484 e. The number of ether oxygens (including phenoxy) is 1. The number of anilines is 3. The van der Waals surface area contributed by atoms with Crippen LogP contribution in [0.25, 0.3) is 0 Å². The molecular formula is C27H30FN5O4S. The summed E-state index contributed by atoms with van der Waals surface area (Å²) in [5.74, 6) is -0.991. The second-order valence-electron chi connectivity index (χ2n) is 9.07. The number of thiazole rings is 1. The smallest absolute Gasteiger partial charge is 0.260 e. The summed E-state index contributed by atoms with van der Waals surface area (Å²) >= 11 is 1.01. The quantitative estimate of drug-likeness (QED) is 0.394. The number of carbonyl (C=O) groups is 3. The van der Waals surface area contributed by atoms with Crippen molar-refractivity contribution in [1.82, 2.24) is 9.88 Å². The van der Waals surface area contributed by atoms with Crippen molar-refractivity contribution in [3.63, 3.8) is 0 Å². The van der Waals surface area contributed by atoms with Gasteiger partial charge in [0.05, 0.1) is 0 Å². The Morgan fingerprint density at radius 1 is 1.05 bits per heavy atom. The van der Waals surface area contributed by atoms with Gasteiger partial charge in [-0.05, 0) is 68.3 Å². The maximum Gasteiger partial charge on any atom is 0.260 e. The van der Waals surface area contributed by atoms with Crippen molar-refractivity contribution in [2.24, 2.45) is 5.73 Å². The van der Waals surface area contributed by atoms with E-state index in [9.17, 15) is 18.8 Å². The zero-order chi connectivity index (χ0) is 27.2. The highest BCUT2D eigenvalue weighted by Gasteiger charge is 2.27. The molecule has 11 heteroatoms. The fourth-order valence-corrected chi connectivity index (χ4v) is 5.25. The Hall–Kier alpha value is -3.99. The Kier molecular flexibility index (Phi) is 8.57. The molecule has 0 saturated carbocycles. The van der Waals surface area contributed by atoms with Crippen LogP contribution in [-0.4, -0.2) is 53.2 Å². The third-order valence-electron chi connectivity index (χ3n) is 6.40. The minimum atomic E-state index is -0.831. The molecule has 1 saturated heterocycles. The number of likely N-dealkylation sites (tertiary alicyclic amines) is 1. The van der Waals surface area contributed by atoms with Crippen molar-refractivity contribution >= 4 is 45.6 Å². The fraction of sp³-hybridized carbons (Fsp3) is 0.333. The molecular weight excluding hydrogens is 509 g/mol. The maximum absolute atomic E-state index is 13.5. The van der Waals surface area contributed by atoms with Crippen molar-refractivity contribution in [3.8, 4) is 5.75 Å². The van der Waals surface area contributed by atoms with Crippen LogP contribution in [0.5, 0.6) is 5.75 Å². The average Bonchev–Trinajstić information content (AvgIpc) is 3.10. The Morgan fingerprint density at radius 2 is 1.68 bits per heavy atom. The zero-order valence-corrected chi connectivity index (χ0v) is 21.9. The predicted molar refractivity (Wildman–Crippen MR) is 144 cm³/mol. The third-order valence-corrected chi connectivity index (χ3v) is 7.47. The number of rotatable bonds is 9. The molecule has 2 heterocycles. The zero-order valence-electron chi connectivity index (χ0n) is 21.1. The van der Waals surface area contributed by atoms with E-state index in [0.29, 0.717) is 17.0 Å². The summed E-state index contributed by atoms with van der Waals surface area (Å²) in [6.45, 7) is 3.03. The van der Waals surface area contributed by atoms with E-state index in [2.05, 4.69) is 4.98 Å². The van der Waals surface area contributed by atoms with E-state index in [0.717, 1.165) is 50.1 Å². The topological polar surface area (TPSA) is 132 Å². The summed E-state index contributed by atoms with van der Waals surface area (Å²) in [4.78, 5) is 45.5. The number of carbonyl (C=O) groups excluding carboxylic acids is 3. The summed E-state index contributed by atoms with van der Waals surface area (Å²) in [6.07, 6.45) is 4.29. The van der Waals surface area contributed by atoms with Gasteiger partial charge in [0.1, 0.15) is 28.3 Å². The highest BCUT2D eigenvalue weighted by Crippen LogP contribution is 2.36. The first-order chi connectivity index (χ1) is 18.2. The fourth-order valence-electron chi connectivity index (χ4n) is 4.20. The first kappa shape index (κ1) is 27.1. The number of halogens is 1. The lowest BCUT2D eigenvalue weighted by Crippen LogP contribution is -2.39. The summed E-state index contributed by atoms with van der Waals surface area (Å²) in [5, 5.41) is 0.274. The van der Waals surface area contributed by atoms with Crippen LogP contribution in [0.15, 0.2) is 48.5 Å². The van der Waals surface area contributed by atoms with E-state index in [1.165, 1.54) is 29.2 Å². The maximum atomic E-state index is 13.5. The van der Waals surface area contributed by atoms with Gasteiger partial charge in [-0.15, -0.1) is 0 Å². The van der Waals surface area contributed by atoms with Crippen molar-refractivity contribution in [1.29, 1.82) is 0 Å². The number of aromatic nitrogens is 1. The summed E-state index contributed by atoms with van der Waals surface area (Å²) in [6, 6.07) is 11.1. The molecule has 1 aromatic heterocycles. The van der Waals surface area contributed by atoms with Crippen LogP contribution >= 0.6 is 11.3 Å². The Bertz CT molecular complexity index is 1290. The normalized spacial score (nSPS) is 14.4. The molecule has 3 aromatic rings. The summed E-state index contributed by atoms with van der Waals surface area (Å²) < 4.78 is 19.1. The van der Waals surface area contributed by atoms with Gasteiger partial charge in [0.15, 0.2) is 11.7 Å². The lowest BCUT2D eigenvalue weighted by atomic mass is 10.1. The number of benzene rings is 2. The van der Waals surface area contributed by atoms with Crippen molar-refractivity contribution in [2.75, 3.05) is 30.3 Å². The van der Waals surface area contributed by atoms with Gasteiger partial charge in [0, 0.05) is 24.3 Å². The van der Waals surface area contributed by atoms with Gasteiger partial charge in [-0.25, -0.2) is 9.37 Å². The molecule has 1 unspecified atom stereocenters. The number of nitrogens with two attached hydrogens (primary N) is 2. The van der Waals surface area contributed by atoms with Crippen molar-refractivity contribution < 1.29 is 23.5 Å². The van der Waals surface area contributed by atoms with Gasteiger partial charge in [0.25, 0.3) is 5.91 Å². The van der Waals surface area contributed by atoms with Crippen LogP contribution in [0.4, 0.5) is 21.0 Å². The number of ketones is 1. The molecule has 0 bridgehead atoms. The molecule has 1 fully saturated rings. The molecule has 2 amide bonds. The van der Waals surface area contributed by atoms with Gasteiger partial charge in [0.2, 0.25) is 11.7 Å².